The predicted molar refractivity (Wildman–Crippen MR) is 99.7 cm³/mol. The first-order valence-corrected chi connectivity index (χ1v) is 8.95. The van der Waals surface area contributed by atoms with E-state index in [9.17, 15) is 9.59 Å². The average molecular weight is 380 g/mol. The van der Waals surface area contributed by atoms with E-state index in [1.807, 2.05) is 25.3 Å². The lowest BCUT2D eigenvalue weighted by molar-refractivity contribution is -0.0777. The van der Waals surface area contributed by atoms with E-state index in [1.54, 1.807) is 19.3 Å². The highest BCUT2D eigenvalue weighted by molar-refractivity contribution is 7.71. The molecular formula is C17H24N4O4S. The molecule has 2 N–H and O–H groups in total. The predicted octanol–water partition coefficient (Wildman–Crippen LogP) is 2.76. The number of nitrogens with one attached hydrogen (secondary N) is 2. The third-order valence-corrected chi connectivity index (χ3v) is 4.67. The fourth-order valence-corrected chi connectivity index (χ4v) is 3.12. The van der Waals surface area contributed by atoms with E-state index in [2.05, 4.69) is 9.97 Å². The first kappa shape index (κ1) is 18.7. The lowest BCUT2D eigenvalue weighted by Gasteiger charge is -2.31. The van der Waals surface area contributed by atoms with Crippen LogP contribution in [0.1, 0.15) is 33.6 Å². The van der Waals surface area contributed by atoms with Crippen molar-refractivity contribution in [1.82, 2.24) is 19.4 Å². The zero-order valence-corrected chi connectivity index (χ0v) is 16.2. The Bertz CT molecular complexity index is 933. The van der Waals surface area contributed by atoms with Crippen molar-refractivity contribution in [3.63, 3.8) is 0 Å². The summed E-state index contributed by atoms with van der Waals surface area (Å²) < 4.78 is 13.6. The first-order valence-electron chi connectivity index (χ1n) is 8.54. The number of H-pyrrole nitrogens is 2. The van der Waals surface area contributed by atoms with Gasteiger partial charge in [0.05, 0.1) is 12.1 Å². The third-order valence-electron chi connectivity index (χ3n) is 4.35. The summed E-state index contributed by atoms with van der Waals surface area (Å²) in [6.45, 7) is 6.32. The molecule has 3 rings (SSSR count). The van der Waals surface area contributed by atoms with Gasteiger partial charge in [-0.25, -0.2) is 4.79 Å². The number of hydrogen-bond donors (Lipinski definition) is 2. The minimum absolute atomic E-state index is 0.240. The van der Waals surface area contributed by atoms with Gasteiger partial charge in [-0.1, -0.05) is 0 Å². The van der Waals surface area contributed by atoms with Crippen LogP contribution in [0.2, 0.25) is 0 Å². The Labute approximate surface area is 156 Å². The Morgan fingerprint density at radius 1 is 1.42 bits per heavy atom. The number of rotatable bonds is 5. The normalized spacial score (nSPS) is 15.8. The van der Waals surface area contributed by atoms with Gasteiger partial charge in [-0.05, 0) is 39.1 Å². The molecule has 9 heteroatoms. The van der Waals surface area contributed by atoms with Crippen LogP contribution in [0.4, 0.5) is 4.79 Å². The van der Waals surface area contributed by atoms with Crippen LogP contribution in [0.3, 0.4) is 0 Å². The molecule has 1 fully saturated rings. The van der Waals surface area contributed by atoms with Crippen molar-refractivity contribution in [2.24, 2.45) is 0 Å². The fourth-order valence-electron chi connectivity index (χ4n) is 2.83. The molecule has 8 nitrogen and oxygen atoms in total. The molecule has 0 aliphatic heterocycles. The van der Waals surface area contributed by atoms with Gasteiger partial charge in [0.25, 0.3) is 5.56 Å². The summed E-state index contributed by atoms with van der Waals surface area (Å²) in [6, 6.07) is 1.81. The van der Waals surface area contributed by atoms with Crippen molar-refractivity contribution in [3.05, 3.63) is 27.4 Å². The van der Waals surface area contributed by atoms with E-state index < -0.39 is 17.4 Å². The molecule has 2 aromatic rings. The number of aromatic amines is 2. The van der Waals surface area contributed by atoms with Crippen LogP contribution in [0.15, 0.2) is 17.1 Å². The lowest BCUT2D eigenvalue weighted by Crippen LogP contribution is -2.44. The van der Waals surface area contributed by atoms with Crippen LogP contribution in [0.25, 0.3) is 11.0 Å². The number of carbonyl (C=O) groups excluding carboxylic acids is 1. The molecule has 2 aromatic heterocycles. The van der Waals surface area contributed by atoms with Crippen LogP contribution in [0, 0.1) is 4.77 Å². The van der Waals surface area contributed by atoms with E-state index in [1.165, 1.54) is 4.90 Å². The molecule has 1 aliphatic rings. The van der Waals surface area contributed by atoms with E-state index in [-0.39, 0.29) is 5.56 Å². The van der Waals surface area contributed by atoms with Crippen molar-refractivity contribution in [3.8, 4) is 0 Å². The number of aromatic nitrogens is 3. The van der Waals surface area contributed by atoms with Gasteiger partial charge < -0.3 is 19.0 Å². The highest BCUT2D eigenvalue weighted by atomic mass is 32.1. The smallest absolute Gasteiger partial charge is 0.412 e. The molecule has 0 radical (unpaired) electrons. The van der Waals surface area contributed by atoms with E-state index >= 15 is 0 Å². The number of amides is 1. The van der Waals surface area contributed by atoms with E-state index in [0.29, 0.717) is 23.4 Å². The molecule has 0 unspecified atom stereocenters. The summed E-state index contributed by atoms with van der Waals surface area (Å²) in [6.07, 6.45) is 2.83. The average Bonchev–Trinajstić information content (AvgIpc) is 3.15. The Kier molecular flexibility index (Phi) is 4.70. The summed E-state index contributed by atoms with van der Waals surface area (Å²) in [5.74, 6) is 0. The molecule has 0 spiro atoms. The largest absolute Gasteiger partial charge is 0.444 e. The van der Waals surface area contributed by atoms with Gasteiger partial charge in [0.1, 0.15) is 16.8 Å². The maximum atomic E-state index is 12.3. The Morgan fingerprint density at radius 3 is 2.73 bits per heavy atom. The second kappa shape index (κ2) is 6.55. The standard InChI is InChI=1S/C17H24N4O4S/c1-16(2,3)25-15(23)20(4)17(6-7-17)24-10-9-21-11-5-8-18-12(11)13(22)19-14(21)26/h5,8,18H,6-7,9-10H2,1-4H3,(H,19,22,26). The zero-order chi connectivity index (χ0) is 19.1. The molecule has 142 valence electrons. The van der Waals surface area contributed by atoms with Gasteiger partial charge in [-0.15, -0.1) is 0 Å². The molecule has 1 aliphatic carbocycles. The summed E-state index contributed by atoms with van der Waals surface area (Å²) >= 11 is 5.26. The topological polar surface area (TPSA) is 92.3 Å². The second-order valence-corrected chi connectivity index (χ2v) is 7.87. The zero-order valence-electron chi connectivity index (χ0n) is 15.4. The number of ether oxygens (including phenoxy) is 2. The van der Waals surface area contributed by atoms with Crippen LogP contribution in [0.5, 0.6) is 0 Å². The maximum Gasteiger partial charge on any atom is 0.412 e. The minimum atomic E-state index is -0.621. The van der Waals surface area contributed by atoms with Crippen molar-refractivity contribution in [1.29, 1.82) is 0 Å². The number of nitrogens with zero attached hydrogens (tertiary/aromatic N) is 2. The van der Waals surface area contributed by atoms with Gasteiger partial charge in [-0.2, -0.15) is 0 Å². The van der Waals surface area contributed by atoms with Crippen LogP contribution in [-0.4, -0.2) is 50.5 Å². The summed E-state index contributed by atoms with van der Waals surface area (Å²) in [7, 11) is 1.69. The minimum Gasteiger partial charge on any atom is -0.444 e. The SMILES string of the molecule is CN(C(=O)OC(C)(C)C)C1(OCCn2c(=S)[nH]c(=O)c3[nH]ccc32)CC1. The molecule has 26 heavy (non-hydrogen) atoms. The van der Waals surface area contributed by atoms with E-state index in [0.717, 1.165) is 18.4 Å². The van der Waals surface area contributed by atoms with Crippen LogP contribution >= 0.6 is 12.2 Å². The number of carbonyl (C=O) groups is 1. The van der Waals surface area contributed by atoms with Crippen molar-refractivity contribution >= 4 is 29.3 Å². The van der Waals surface area contributed by atoms with Gasteiger partial charge in [0.2, 0.25) is 0 Å². The summed E-state index contributed by atoms with van der Waals surface area (Å²) in [5, 5.41) is 0. The molecule has 0 aromatic carbocycles. The lowest BCUT2D eigenvalue weighted by atomic mass is 10.2. The molecule has 0 atom stereocenters. The summed E-state index contributed by atoms with van der Waals surface area (Å²) in [5.41, 5.74) is -0.206. The molecule has 2 heterocycles. The highest BCUT2D eigenvalue weighted by Gasteiger charge is 2.51. The molecule has 1 saturated carbocycles. The van der Waals surface area contributed by atoms with Gasteiger partial charge in [-0.3, -0.25) is 14.7 Å². The fraction of sp³-hybridized carbons (Fsp3) is 0.588. The number of fused-ring (bicyclic) bond motifs is 1. The highest BCUT2D eigenvalue weighted by Crippen LogP contribution is 2.42. The molecule has 1 amide bonds. The van der Waals surface area contributed by atoms with Crippen LogP contribution in [-0.2, 0) is 16.0 Å². The molecule has 0 bridgehead atoms. The van der Waals surface area contributed by atoms with Gasteiger partial charge in [0.15, 0.2) is 4.77 Å². The maximum absolute atomic E-state index is 12.3. The monoisotopic (exact) mass is 380 g/mol. The molecule has 0 saturated heterocycles. The second-order valence-electron chi connectivity index (χ2n) is 7.48. The summed E-state index contributed by atoms with van der Waals surface area (Å²) in [4.78, 5) is 31.2. The number of hydrogen-bond acceptors (Lipinski definition) is 5. The van der Waals surface area contributed by atoms with Crippen molar-refractivity contribution < 1.29 is 14.3 Å². The molecular weight excluding hydrogens is 356 g/mol. The van der Waals surface area contributed by atoms with Gasteiger partial charge in [0, 0.05) is 32.6 Å². The Balaban J connectivity index is 1.67. The quantitative estimate of drug-likeness (QED) is 0.615. The van der Waals surface area contributed by atoms with Gasteiger partial charge >= 0.3 is 6.09 Å². The van der Waals surface area contributed by atoms with Crippen LogP contribution < -0.4 is 5.56 Å². The van der Waals surface area contributed by atoms with Crippen molar-refractivity contribution in [2.45, 2.75) is 51.5 Å². The Morgan fingerprint density at radius 2 is 2.12 bits per heavy atom. The Hall–Kier alpha value is -2.13. The first-order chi connectivity index (χ1) is 12.1. The third kappa shape index (κ3) is 3.68. The van der Waals surface area contributed by atoms with Crippen molar-refractivity contribution in [2.75, 3.05) is 13.7 Å². The van der Waals surface area contributed by atoms with E-state index in [4.69, 9.17) is 21.7 Å².